The number of rotatable bonds is 1. The Labute approximate surface area is 286 Å². The van der Waals surface area contributed by atoms with Gasteiger partial charge in [0.05, 0.1) is 22.4 Å². The minimum absolute atomic E-state index is 0.0994. The maximum absolute atomic E-state index is 15.4. The largest absolute Gasteiger partial charge is 0.278 e. The van der Waals surface area contributed by atoms with E-state index in [0.29, 0.717) is 29.0 Å². The second-order valence-electron chi connectivity index (χ2n) is 14.5. The molecular weight excluding hydrogens is 606 g/mol. The van der Waals surface area contributed by atoms with Crippen LogP contribution in [0.2, 0.25) is 0 Å². The molecular formula is C43H38FN5. The normalized spacial score (nSPS) is 19.4. The van der Waals surface area contributed by atoms with Crippen LogP contribution in [0.1, 0.15) is 61.6 Å². The fourth-order valence-electron chi connectivity index (χ4n) is 7.99. The molecule has 0 saturated carbocycles. The Hall–Kier alpha value is -5.23. The van der Waals surface area contributed by atoms with E-state index in [-0.39, 0.29) is 11.7 Å². The summed E-state index contributed by atoms with van der Waals surface area (Å²) in [6.07, 6.45) is 3.81. The summed E-state index contributed by atoms with van der Waals surface area (Å²) in [7, 11) is 0. The van der Waals surface area contributed by atoms with Crippen LogP contribution < -0.4 is 0 Å². The Morgan fingerprint density at radius 1 is 0.571 bits per heavy atom. The lowest BCUT2D eigenvalue weighted by atomic mass is 9.75. The van der Waals surface area contributed by atoms with E-state index in [1.807, 2.05) is 0 Å². The van der Waals surface area contributed by atoms with Crippen molar-refractivity contribution in [3.8, 4) is 11.1 Å². The number of hydrogen-bond acceptors (Lipinski definition) is 4. The standard InChI is InChI=1S/C43H38FN5/c1-20-9-28-17-35(32-12-23(4)22(3)11-31(32)30(28)10-21(20)2)41-45-36-18-29(44)19-37-40(36)42(47-41)48-43(46-37)49-38-15-26(7)24(5)13-33(38)34-14-25(6)27(8)16-39(34)49/h9-16,18-19,35,40H,17H2,1-8H3/t35-,40?/m0/s1. The predicted molar refractivity (Wildman–Crippen MR) is 202 cm³/mol. The van der Waals surface area contributed by atoms with E-state index in [1.165, 1.54) is 78.9 Å². The van der Waals surface area contributed by atoms with Gasteiger partial charge in [0.1, 0.15) is 23.4 Å². The van der Waals surface area contributed by atoms with Crippen LogP contribution in [0.5, 0.6) is 0 Å². The van der Waals surface area contributed by atoms with Crippen LogP contribution in [0.3, 0.4) is 0 Å². The highest BCUT2D eigenvalue weighted by Crippen LogP contribution is 2.45. The topological polar surface area (TPSA) is 54.4 Å². The van der Waals surface area contributed by atoms with E-state index < -0.39 is 5.92 Å². The van der Waals surface area contributed by atoms with Crippen molar-refractivity contribution in [2.45, 2.75) is 67.7 Å². The third-order valence-corrected chi connectivity index (χ3v) is 11.3. The van der Waals surface area contributed by atoms with Gasteiger partial charge in [-0.3, -0.25) is 4.57 Å². The van der Waals surface area contributed by atoms with Gasteiger partial charge in [0.15, 0.2) is 0 Å². The molecule has 3 heterocycles. The molecule has 2 aliphatic heterocycles. The molecule has 2 atom stereocenters. The lowest BCUT2D eigenvalue weighted by Gasteiger charge is -2.33. The molecule has 4 aliphatic rings. The van der Waals surface area contributed by atoms with Crippen molar-refractivity contribution in [3.63, 3.8) is 0 Å². The summed E-state index contributed by atoms with van der Waals surface area (Å²) in [5, 5.41) is 2.30. The first kappa shape index (κ1) is 29.9. The number of aromatic nitrogens is 1. The van der Waals surface area contributed by atoms with Crippen LogP contribution in [-0.4, -0.2) is 27.9 Å². The van der Waals surface area contributed by atoms with Crippen molar-refractivity contribution in [3.05, 3.63) is 128 Å². The van der Waals surface area contributed by atoms with Gasteiger partial charge in [-0.2, -0.15) is 4.99 Å². The number of allylic oxidation sites excluding steroid dienone is 3. The first-order valence-corrected chi connectivity index (χ1v) is 17.1. The van der Waals surface area contributed by atoms with Crippen LogP contribution in [0, 0.1) is 61.3 Å². The zero-order chi connectivity index (χ0) is 34.0. The summed E-state index contributed by atoms with van der Waals surface area (Å²) in [5.41, 5.74) is 18.1. The maximum Gasteiger partial charge on any atom is 0.236 e. The van der Waals surface area contributed by atoms with Gasteiger partial charge in [0.25, 0.3) is 0 Å². The van der Waals surface area contributed by atoms with Crippen molar-refractivity contribution in [2.24, 2.45) is 25.9 Å². The second-order valence-corrected chi connectivity index (χ2v) is 14.5. The van der Waals surface area contributed by atoms with Gasteiger partial charge in [-0.25, -0.2) is 19.4 Å². The van der Waals surface area contributed by atoms with Crippen LogP contribution in [0.25, 0.3) is 32.9 Å². The minimum Gasteiger partial charge on any atom is -0.278 e. The molecule has 49 heavy (non-hydrogen) atoms. The van der Waals surface area contributed by atoms with Gasteiger partial charge in [-0.05, 0) is 165 Å². The quantitative estimate of drug-likeness (QED) is 0.175. The molecule has 0 bridgehead atoms. The van der Waals surface area contributed by atoms with Gasteiger partial charge >= 0.3 is 0 Å². The Morgan fingerprint density at radius 3 is 1.82 bits per heavy atom. The van der Waals surface area contributed by atoms with Crippen LogP contribution in [0.15, 0.2) is 92.2 Å². The molecule has 0 spiro atoms. The molecule has 1 aromatic heterocycles. The number of aliphatic imine (C=N–C) groups is 4. The zero-order valence-corrected chi connectivity index (χ0v) is 29.2. The highest BCUT2D eigenvalue weighted by atomic mass is 19.1. The number of amidine groups is 2. The predicted octanol–water partition coefficient (Wildman–Crippen LogP) is 10.1. The number of benzene rings is 4. The van der Waals surface area contributed by atoms with Gasteiger partial charge < -0.3 is 0 Å². The van der Waals surface area contributed by atoms with Gasteiger partial charge in [0.2, 0.25) is 5.96 Å². The van der Waals surface area contributed by atoms with E-state index in [1.54, 1.807) is 0 Å². The molecule has 2 aliphatic carbocycles. The van der Waals surface area contributed by atoms with Crippen LogP contribution in [-0.2, 0) is 6.42 Å². The van der Waals surface area contributed by atoms with E-state index in [9.17, 15) is 0 Å². The summed E-state index contributed by atoms with van der Waals surface area (Å²) in [4.78, 5) is 20.7. The molecule has 0 saturated heterocycles. The summed E-state index contributed by atoms with van der Waals surface area (Å²) >= 11 is 0. The minimum atomic E-state index is -0.409. The van der Waals surface area contributed by atoms with Crippen molar-refractivity contribution in [1.29, 1.82) is 0 Å². The molecule has 1 unspecified atom stereocenters. The summed E-state index contributed by atoms with van der Waals surface area (Å²) in [5.74, 6) is 0.910. The molecule has 0 N–H and O–H groups in total. The first-order chi connectivity index (χ1) is 23.4. The molecule has 5 aromatic rings. The molecule has 4 aromatic carbocycles. The average Bonchev–Trinajstić information content (AvgIpc) is 3.33. The number of hydrogen-bond donors (Lipinski definition) is 0. The van der Waals surface area contributed by atoms with Crippen molar-refractivity contribution >= 4 is 45.1 Å². The Morgan fingerprint density at radius 2 is 1.14 bits per heavy atom. The second kappa shape index (κ2) is 10.4. The van der Waals surface area contributed by atoms with Crippen molar-refractivity contribution in [2.75, 3.05) is 0 Å². The Bertz CT molecular complexity index is 2500. The third kappa shape index (κ3) is 4.42. The Balaban J connectivity index is 1.27. The van der Waals surface area contributed by atoms with Gasteiger partial charge in [-0.15, -0.1) is 0 Å². The van der Waals surface area contributed by atoms with E-state index in [4.69, 9.17) is 20.0 Å². The number of halogens is 1. The summed E-state index contributed by atoms with van der Waals surface area (Å²) in [6.45, 7) is 17.2. The number of aryl methyl sites for hydroxylation is 8. The molecule has 242 valence electrons. The lowest BCUT2D eigenvalue weighted by molar-refractivity contribution is 0.660. The highest BCUT2D eigenvalue weighted by Gasteiger charge is 2.39. The monoisotopic (exact) mass is 643 g/mol. The van der Waals surface area contributed by atoms with Crippen molar-refractivity contribution in [1.82, 2.24) is 4.57 Å². The van der Waals surface area contributed by atoms with E-state index >= 15 is 4.39 Å². The van der Waals surface area contributed by atoms with Gasteiger partial charge in [0, 0.05) is 16.7 Å². The SMILES string of the molecule is Cc1cc2c(cc1C)-c1cc(C)c(C)cc1[C@@H](C1=NC3=CC(F)=CC4=NC(n5c6cc(C)c(C)cc6c6cc(C)c(C)cc65)=NC(=N1)C34)C2. The highest BCUT2D eigenvalue weighted by molar-refractivity contribution is 6.28. The molecule has 0 fully saturated rings. The summed E-state index contributed by atoms with van der Waals surface area (Å²) in [6, 6.07) is 18.2. The molecule has 9 rings (SSSR count). The molecule has 5 nitrogen and oxygen atoms in total. The van der Waals surface area contributed by atoms with E-state index in [0.717, 1.165) is 28.2 Å². The smallest absolute Gasteiger partial charge is 0.236 e. The third-order valence-electron chi connectivity index (χ3n) is 11.3. The van der Waals surface area contributed by atoms with E-state index in [2.05, 4.69) is 108 Å². The van der Waals surface area contributed by atoms with Crippen LogP contribution in [0.4, 0.5) is 4.39 Å². The number of nitrogens with zero attached hydrogens (tertiary/aromatic N) is 5. The van der Waals surface area contributed by atoms with Crippen LogP contribution >= 0.6 is 0 Å². The fourth-order valence-corrected chi connectivity index (χ4v) is 7.99. The first-order valence-electron chi connectivity index (χ1n) is 17.1. The van der Waals surface area contributed by atoms with Gasteiger partial charge in [-0.1, -0.05) is 24.3 Å². The van der Waals surface area contributed by atoms with Crippen molar-refractivity contribution < 1.29 is 4.39 Å². The molecule has 0 amide bonds. The number of fused-ring (bicyclic) bond motifs is 6. The summed E-state index contributed by atoms with van der Waals surface area (Å²) < 4.78 is 17.6. The fraction of sp³-hybridized carbons (Fsp3) is 0.256. The molecule has 6 heteroatoms. The maximum atomic E-state index is 15.4. The Kier molecular flexibility index (Phi) is 6.33. The lowest BCUT2D eigenvalue weighted by Crippen LogP contribution is -2.36. The molecule has 0 radical (unpaired) electrons. The average molecular weight is 644 g/mol. The zero-order valence-electron chi connectivity index (χ0n) is 29.2.